The molecular formula is C18H15N3O2. The molecule has 2 heterocycles. The molecule has 4 rings (SSSR count). The van der Waals surface area contributed by atoms with E-state index in [0.29, 0.717) is 11.4 Å². The summed E-state index contributed by atoms with van der Waals surface area (Å²) in [5, 5.41) is 11.6. The first-order valence-corrected chi connectivity index (χ1v) is 7.52. The predicted molar refractivity (Wildman–Crippen MR) is 87.6 cm³/mol. The minimum atomic E-state index is -0.497. The van der Waals surface area contributed by atoms with Crippen LogP contribution >= 0.6 is 0 Å². The molecule has 0 bridgehead atoms. The zero-order valence-corrected chi connectivity index (χ0v) is 12.6. The Balaban J connectivity index is 1.86. The van der Waals surface area contributed by atoms with Crippen LogP contribution < -0.4 is 5.32 Å². The number of nitrogens with one attached hydrogen (secondary N) is 2. The molecule has 2 aromatic carbocycles. The lowest BCUT2D eigenvalue weighted by molar-refractivity contribution is -0.116. The Bertz CT molecular complexity index is 937. The van der Waals surface area contributed by atoms with E-state index in [9.17, 15) is 9.59 Å². The third kappa shape index (κ3) is 2.12. The summed E-state index contributed by atoms with van der Waals surface area (Å²) in [6, 6.07) is 13.5. The zero-order chi connectivity index (χ0) is 16.0. The average Bonchev–Trinajstić information content (AvgIpc) is 2.94. The van der Waals surface area contributed by atoms with E-state index in [1.165, 1.54) is 0 Å². The van der Waals surface area contributed by atoms with E-state index in [0.717, 1.165) is 22.0 Å². The normalized spacial score (nSPS) is 16.9. The first kappa shape index (κ1) is 13.7. The maximum atomic E-state index is 13.2. The highest BCUT2D eigenvalue weighted by Gasteiger charge is 2.35. The van der Waals surface area contributed by atoms with Gasteiger partial charge in [0.05, 0.1) is 5.92 Å². The fraction of sp³-hybridized carbons (Fsp3) is 0.167. The Morgan fingerprint density at radius 1 is 1.17 bits per heavy atom. The third-order valence-corrected chi connectivity index (χ3v) is 4.36. The Hall–Kier alpha value is -2.95. The van der Waals surface area contributed by atoms with Gasteiger partial charge in [0.15, 0.2) is 11.6 Å². The fourth-order valence-electron chi connectivity index (χ4n) is 3.28. The molecule has 1 aliphatic heterocycles. The smallest absolute Gasteiger partial charge is 0.226 e. The molecule has 1 unspecified atom stereocenters. The number of anilines is 1. The molecule has 2 N–H and O–H groups in total. The highest BCUT2D eigenvalue weighted by Crippen LogP contribution is 2.36. The van der Waals surface area contributed by atoms with Crippen molar-refractivity contribution in [2.45, 2.75) is 19.3 Å². The third-order valence-electron chi connectivity index (χ3n) is 4.36. The molecule has 0 spiro atoms. The van der Waals surface area contributed by atoms with Gasteiger partial charge in [-0.05, 0) is 17.7 Å². The second kappa shape index (κ2) is 5.05. The number of ketones is 1. The highest BCUT2D eigenvalue weighted by atomic mass is 16.2. The van der Waals surface area contributed by atoms with Gasteiger partial charge in [0, 0.05) is 23.2 Å². The zero-order valence-electron chi connectivity index (χ0n) is 12.6. The largest absolute Gasteiger partial charge is 0.309 e. The number of aromatic nitrogens is 2. The summed E-state index contributed by atoms with van der Waals surface area (Å²) in [6.07, 6.45) is 0.148. The van der Waals surface area contributed by atoms with Gasteiger partial charge in [-0.2, -0.15) is 5.10 Å². The molecule has 0 aliphatic carbocycles. The van der Waals surface area contributed by atoms with Crippen LogP contribution in [0.2, 0.25) is 0 Å². The van der Waals surface area contributed by atoms with E-state index in [-0.39, 0.29) is 18.1 Å². The summed E-state index contributed by atoms with van der Waals surface area (Å²) >= 11 is 0. The van der Waals surface area contributed by atoms with E-state index in [1.807, 2.05) is 49.4 Å². The number of Topliss-reactive ketones (excluding diaryl/α,β-unsaturated/α-hetero) is 1. The number of hydrogen-bond donors (Lipinski definition) is 2. The number of rotatable bonds is 2. The molecular weight excluding hydrogens is 290 g/mol. The van der Waals surface area contributed by atoms with Crippen LogP contribution in [-0.4, -0.2) is 21.9 Å². The molecule has 0 radical (unpaired) electrons. The van der Waals surface area contributed by atoms with Crippen molar-refractivity contribution in [1.29, 1.82) is 0 Å². The standard InChI is InChI=1S/C18H15N3O2/c1-10-16-14(9-15(22)19-18(16)21-20-10)17(23)13-8-4-6-11-5-2-3-7-12(11)13/h2-8,14H,9H2,1H3,(H2,19,20,21,22). The topological polar surface area (TPSA) is 74.8 Å². The van der Waals surface area contributed by atoms with E-state index >= 15 is 0 Å². The average molecular weight is 305 g/mol. The van der Waals surface area contributed by atoms with Gasteiger partial charge in [0.1, 0.15) is 0 Å². The molecule has 3 aromatic rings. The Morgan fingerprint density at radius 3 is 2.83 bits per heavy atom. The van der Waals surface area contributed by atoms with Crippen molar-refractivity contribution < 1.29 is 9.59 Å². The molecule has 23 heavy (non-hydrogen) atoms. The van der Waals surface area contributed by atoms with Gasteiger partial charge < -0.3 is 5.32 Å². The fourth-order valence-corrected chi connectivity index (χ4v) is 3.28. The molecule has 114 valence electrons. The van der Waals surface area contributed by atoms with Crippen LogP contribution in [-0.2, 0) is 4.79 Å². The number of hydrogen-bond acceptors (Lipinski definition) is 3. The summed E-state index contributed by atoms with van der Waals surface area (Å²) in [5.74, 6) is -0.245. The van der Waals surface area contributed by atoms with Crippen LogP contribution in [0.4, 0.5) is 5.82 Å². The van der Waals surface area contributed by atoms with Crippen molar-refractivity contribution in [2.75, 3.05) is 5.32 Å². The van der Waals surface area contributed by atoms with Crippen molar-refractivity contribution in [3.05, 3.63) is 59.3 Å². The lowest BCUT2D eigenvalue weighted by Gasteiger charge is -2.22. The van der Waals surface area contributed by atoms with Crippen LogP contribution in [0.15, 0.2) is 42.5 Å². The van der Waals surface area contributed by atoms with Crippen molar-refractivity contribution >= 4 is 28.3 Å². The number of nitrogens with zero attached hydrogens (tertiary/aromatic N) is 1. The lowest BCUT2D eigenvalue weighted by Crippen LogP contribution is -2.27. The maximum absolute atomic E-state index is 13.2. The molecule has 1 atom stereocenters. The highest BCUT2D eigenvalue weighted by molar-refractivity contribution is 6.14. The van der Waals surface area contributed by atoms with Gasteiger partial charge in [0.25, 0.3) is 0 Å². The van der Waals surface area contributed by atoms with Crippen LogP contribution in [0.5, 0.6) is 0 Å². The van der Waals surface area contributed by atoms with E-state index in [4.69, 9.17) is 0 Å². The number of H-pyrrole nitrogens is 1. The van der Waals surface area contributed by atoms with Crippen LogP contribution in [0.3, 0.4) is 0 Å². The van der Waals surface area contributed by atoms with Crippen LogP contribution in [0.25, 0.3) is 10.8 Å². The number of benzene rings is 2. The Labute approximate surface area is 132 Å². The molecule has 5 nitrogen and oxygen atoms in total. The van der Waals surface area contributed by atoms with Gasteiger partial charge >= 0.3 is 0 Å². The quantitative estimate of drug-likeness (QED) is 0.714. The molecule has 0 fully saturated rings. The summed E-state index contributed by atoms with van der Waals surface area (Å²) in [4.78, 5) is 25.1. The first-order chi connectivity index (χ1) is 11.1. The number of aryl methyl sites for hydroxylation is 1. The first-order valence-electron chi connectivity index (χ1n) is 7.52. The number of carbonyl (C=O) groups excluding carboxylic acids is 2. The Morgan fingerprint density at radius 2 is 1.96 bits per heavy atom. The minimum Gasteiger partial charge on any atom is -0.309 e. The molecule has 5 heteroatoms. The summed E-state index contributed by atoms with van der Waals surface area (Å²) in [6.45, 7) is 1.87. The molecule has 0 saturated heterocycles. The van der Waals surface area contributed by atoms with Crippen LogP contribution in [0, 0.1) is 6.92 Å². The second-order valence-corrected chi connectivity index (χ2v) is 5.81. The van der Waals surface area contributed by atoms with Gasteiger partial charge in [-0.1, -0.05) is 42.5 Å². The summed E-state index contributed by atoms with van der Waals surface area (Å²) in [7, 11) is 0. The van der Waals surface area contributed by atoms with Gasteiger partial charge in [-0.15, -0.1) is 0 Å². The molecule has 1 aliphatic rings. The summed E-state index contributed by atoms with van der Waals surface area (Å²) < 4.78 is 0. The number of carbonyl (C=O) groups is 2. The molecule has 1 aromatic heterocycles. The SMILES string of the molecule is Cc1[nH]nc2c1C(C(=O)c1cccc3ccccc13)CC(=O)N2. The second-order valence-electron chi connectivity index (χ2n) is 5.81. The van der Waals surface area contributed by atoms with Gasteiger partial charge in [0.2, 0.25) is 5.91 Å². The minimum absolute atomic E-state index is 0.0394. The number of aromatic amines is 1. The number of amides is 1. The van der Waals surface area contributed by atoms with E-state index in [2.05, 4.69) is 15.5 Å². The van der Waals surface area contributed by atoms with E-state index in [1.54, 1.807) is 0 Å². The van der Waals surface area contributed by atoms with Crippen molar-refractivity contribution in [3.63, 3.8) is 0 Å². The van der Waals surface area contributed by atoms with Gasteiger partial charge in [-0.25, -0.2) is 0 Å². The molecule has 0 saturated carbocycles. The number of fused-ring (bicyclic) bond motifs is 2. The van der Waals surface area contributed by atoms with Crippen molar-refractivity contribution in [3.8, 4) is 0 Å². The van der Waals surface area contributed by atoms with Gasteiger partial charge in [-0.3, -0.25) is 14.7 Å². The predicted octanol–water partition coefficient (Wildman–Crippen LogP) is 3.18. The Kier molecular flexibility index (Phi) is 3.01. The molecule has 1 amide bonds. The lowest BCUT2D eigenvalue weighted by atomic mass is 9.84. The van der Waals surface area contributed by atoms with Crippen molar-refractivity contribution in [2.24, 2.45) is 0 Å². The maximum Gasteiger partial charge on any atom is 0.226 e. The summed E-state index contributed by atoms with van der Waals surface area (Å²) in [5.41, 5.74) is 2.26. The van der Waals surface area contributed by atoms with Crippen molar-refractivity contribution in [1.82, 2.24) is 10.2 Å². The van der Waals surface area contributed by atoms with E-state index < -0.39 is 5.92 Å². The van der Waals surface area contributed by atoms with Crippen LogP contribution in [0.1, 0.15) is 34.0 Å². The monoisotopic (exact) mass is 305 g/mol.